The molecule has 0 heterocycles. The van der Waals surface area contributed by atoms with Crippen LogP contribution in [-0.2, 0) is 4.74 Å². The van der Waals surface area contributed by atoms with E-state index in [1.807, 2.05) is 0 Å². The summed E-state index contributed by atoms with van der Waals surface area (Å²) in [6, 6.07) is -0.438. The zero-order chi connectivity index (χ0) is 52.2. The van der Waals surface area contributed by atoms with E-state index in [4.69, 9.17) is 4.74 Å². The highest BCUT2D eigenvalue weighted by Crippen LogP contribution is 2.19. The lowest BCUT2D eigenvalue weighted by atomic mass is 10.0. The van der Waals surface area contributed by atoms with Crippen LogP contribution >= 0.6 is 0 Å². The lowest BCUT2D eigenvalue weighted by molar-refractivity contribution is -0.105. The number of aliphatic hydroxyl groups is 4. The van der Waals surface area contributed by atoms with Gasteiger partial charge in [0.1, 0.15) is 6.23 Å². The second kappa shape index (κ2) is 62.8. The van der Waals surface area contributed by atoms with Gasteiger partial charge in [0.25, 0.3) is 0 Å². The molecule has 0 rings (SSSR count). The molecular formula is C66H131NO5. The van der Waals surface area contributed by atoms with Crippen LogP contribution in [0, 0.1) is 0 Å². The number of hydrogen-bond acceptors (Lipinski definition) is 6. The van der Waals surface area contributed by atoms with Crippen molar-refractivity contribution in [2.24, 2.45) is 0 Å². The van der Waals surface area contributed by atoms with Crippen molar-refractivity contribution in [3.05, 3.63) is 24.3 Å². The minimum Gasteiger partial charge on any atom is -0.395 e. The second-order valence-corrected chi connectivity index (χ2v) is 22.7. The fraction of sp³-hybridized carbons (Fsp3) is 0.939. The van der Waals surface area contributed by atoms with Gasteiger partial charge in [0.15, 0.2) is 6.29 Å². The van der Waals surface area contributed by atoms with E-state index in [0.29, 0.717) is 19.4 Å². The summed E-state index contributed by atoms with van der Waals surface area (Å²) in [6.07, 6.45) is 76.8. The predicted molar refractivity (Wildman–Crippen MR) is 317 cm³/mol. The van der Waals surface area contributed by atoms with Crippen molar-refractivity contribution < 1.29 is 25.2 Å². The Kier molecular flexibility index (Phi) is 62.1. The van der Waals surface area contributed by atoms with E-state index in [-0.39, 0.29) is 6.61 Å². The molecule has 4 atom stereocenters. The molecule has 0 saturated heterocycles. The van der Waals surface area contributed by atoms with Crippen LogP contribution in [0.2, 0.25) is 0 Å². The predicted octanol–water partition coefficient (Wildman–Crippen LogP) is 20.2. The van der Waals surface area contributed by atoms with Crippen LogP contribution in [0.3, 0.4) is 0 Å². The molecule has 430 valence electrons. The first kappa shape index (κ1) is 71.2. The summed E-state index contributed by atoms with van der Waals surface area (Å²) in [5.41, 5.74) is 0. The summed E-state index contributed by atoms with van der Waals surface area (Å²) in [4.78, 5) is 0. The molecule has 0 fully saturated rings. The van der Waals surface area contributed by atoms with Gasteiger partial charge in [-0.15, -0.1) is 0 Å². The van der Waals surface area contributed by atoms with Gasteiger partial charge in [0.05, 0.1) is 18.8 Å². The van der Waals surface area contributed by atoms with Crippen LogP contribution in [0.4, 0.5) is 0 Å². The third-order valence-electron chi connectivity index (χ3n) is 15.5. The number of unbranched alkanes of at least 4 members (excludes halogenated alkanes) is 46. The molecule has 0 aromatic rings. The maximum Gasteiger partial charge on any atom is 0.154 e. The minimum atomic E-state index is -0.650. The van der Waals surface area contributed by atoms with Gasteiger partial charge in [-0.25, -0.2) is 0 Å². The Morgan fingerprint density at radius 1 is 0.333 bits per heavy atom. The molecule has 0 bridgehead atoms. The molecule has 72 heavy (non-hydrogen) atoms. The number of aliphatic hydroxyl groups excluding tert-OH is 4. The molecule has 0 aliphatic carbocycles. The third kappa shape index (κ3) is 58.5. The number of nitrogens with one attached hydrogen (secondary N) is 1. The average Bonchev–Trinajstić information content (AvgIpc) is 3.38. The maximum atomic E-state index is 10.6. The van der Waals surface area contributed by atoms with Crippen LogP contribution in [-0.4, -0.2) is 58.3 Å². The normalized spacial score (nSPS) is 13.8. The molecule has 0 aromatic heterocycles. The molecule has 4 unspecified atom stereocenters. The summed E-state index contributed by atoms with van der Waals surface area (Å²) >= 11 is 0. The van der Waals surface area contributed by atoms with E-state index in [0.717, 1.165) is 51.4 Å². The average molecular weight is 1020 g/mol. The van der Waals surface area contributed by atoms with Gasteiger partial charge in [-0.05, 0) is 70.6 Å². The fourth-order valence-corrected chi connectivity index (χ4v) is 10.5. The van der Waals surface area contributed by atoms with Gasteiger partial charge in [0, 0.05) is 6.61 Å². The van der Waals surface area contributed by atoms with E-state index in [1.165, 1.54) is 283 Å². The van der Waals surface area contributed by atoms with Gasteiger partial charge >= 0.3 is 0 Å². The molecule has 6 nitrogen and oxygen atoms in total. The van der Waals surface area contributed by atoms with Crippen molar-refractivity contribution >= 4 is 0 Å². The van der Waals surface area contributed by atoms with Crippen molar-refractivity contribution in [2.75, 3.05) is 13.2 Å². The SMILES string of the molecule is CCCCCC=CCC=CCCCCCCCC(O)OCCCCCCCCCCCCCCCCCCCCCCCCCCCCCC(O)NC(CO)C(O)CCCCCCCCCCCCCCC. The number of ether oxygens (including phenoxy) is 1. The Balaban J connectivity index is 3.33. The number of hydrogen-bond donors (Lipinski definition) is 5. The molecule has 6 heteroatoms. The zero-order valence-electron chi connectivity index (χ0n) is 48.9. The van der Waals surface area contributed by atoms with Gasteiger partial charge in [-0.1, -0.05) is 314 Å². The molecule has 5 N–H and O–H groups in total. The van der Waals surface area contributed by atoms with Crippen molar-refractivity contribution in [2.45, 2.75) is 385 Å². The summed E-state index contributed by atoms with van der Waals surface area (Å²) in [7, 11) is 0. The first-order valence-electron chi connectivity index (χ1n) is 32.9. The van der Waals surface area contributed by atoms with Gasteiger partial charge in [-0.2, -0.15) is 0 Å². The lowest BCUT2D eigenvalue weighted by Gasteiger charge is -2.25. The van der Waals surface area contributed by atoms with E-state index >= 15 is 0 Å². The summed E-state index contributed by atoms with van der Waals surface area (Å²) in [6.45, 7) is 5.11. The highest BCUT2D eigenvalue weighted by molar-refractivity contribution is 4.92. The Morgan fingerprint density at radius 3 is 1.00 bits per heavy atom. The lowest BCUT2D eigenvalue weighted by Crippen LogP contribution is -2.47. The van der Waals surface area contributed by atoms with Crippen LogP contribution in [0.1, 0.15) is 361 Å². The topological polar surface area (TPSA) is 102 Å². The Labute approximate surface area is 451 Å². The Morgan fingerprint density at radius 2 is 0.625 bits per heavy atom. The first-order valence-corrected chi connectivity index (χ1v) is 32.9. The van der Waals surface area contributed by atoms with E-state index < -0.39 is 24.7 Å². The monoisotopic (exact) mass is 1020 g/mol. The van der Waals surface area contributed by atoms with Gasteiger partial charge in [0.2, 0.25) is 0 Å². The van der Waals surface area contributed by atoms with Crippen LogP contribution in [0.5, 0.6) is 0 Å². The summed E-state index contributed by atoms with van der Waals surface area (Å²) in [5, 5.41) is 44.2. The molecule has 0 amide bonds. The number of allylic oxidation sites excluding steroid dienone is 4. The largest absolute Gasteiger partial charge is 0.395 e. The van der Waals surface area contributed by atoms with Crippen molar-refractivity contribution in [3.63, 3.8) is 0 Å². The molecule has 0 saturated carbocycles. The molecule has 0 aliphatic rings. The Hall–Kier alpha value is -0.760. The summed E-state index contributed by atoms with van der Waals surface area (Å²) in [5.74, 6) is 0. The molecule has 0 spiro atoms. The Bertz CT molecular complexity index is 1040. The standard InChI is InChI=1S/C66H131NO5/c1-3-5-7-9-11-13-15-17-31-36-40-44-48-52-56-60-66(71)72-61-57-53-49-45-41-37-33-30-28-26-24-22-20-18-19-21-23-25-27-29-32-35-39-43-47-51-55-59-65(70)67-63(62-68)64(69)58-54-50-46-42-38-34-16-14-12-10-8-6-4-2/h11,13,17,31,63-71H,3-10,12,14-16,18-30,32-62H2,1-2H3. The van der Waals surface area contributed by atoms with E-state index in [9.17, 15) is 20.4 Å². The van der Waals surface area contributed by atoms with Crippen molar-refractivity contribution in [1.82, 2.24) is 5.32 Å². The van der Waals surface area contributed by atoms with Crippen LogP contribution in [0.15, 0.2) is 24.3 Å². The fourth-order valence-electron chi connectivity index (χ4n) is 10.5. The smallest absolute Gasteiger partial charge is 0.154 e. The molecule has 0 aliphatic heterocycles. The first-order chi connectivity index (χ1) is 35.5. The highest BCUT2D eigenvalue weighted by Gasteiger charge is 2.20. The van der Waals surface area contributed by atoms with Gasteiger partial charge in [-0.3, -0.25) is 5.32 Å². The highest BCUT2D eigenvalue weighted by atomic mass is 16.6. The van der Waals surface area contributed by atoms with Crippen molar-refractivity contribution in [1.29, 1.82) is 0 Å². The van der Waals surface area contributed by atoms with Crippen molar-refractivity contribution in [3.8, 4) is 0 Å². The maximum absolute atomic E-state index is 10.6. The third-order valence-corrected chi connectivity index (χ3v) is 15.5. The molecular weight excluding hydrogens is 887 g/mol. The molecule has 0 aromatic carbocycles. The van der Waals surface area contributed by atoms with E-state index in [2.05, 4.69) is 43.5 Å². The molecule has 0 radical (unpaired) electrons. The van der Waals surface area contributed by atoms with Crippen LogP contribution in [0.25, 0.3) is 0 Å². The summed E-state index contributed by atoms with van der Waals surface area (Å²) < 4.78 is 5.68. The second-order valence-electron chi connectivity index (χ2n) is 22.7. The number of rotatable bonds is 63. The van der Waals surface area contributed by atoms with Crippen LogP contribution < -0.4 is 5.32 Å². The minimum absolute atomic E-state index is 0.135. The van der Waals surface area contributed by atoms with Gasteiger partial charge < -0.3 is 25.2 Å². The quantitative estimate of drug-likeness (QED) is 0.0236. The van der Waals surface area contributed by atoms with E-state index in [1.54, 1.807) is 0 Å². The zero-order valence-corrected chi connectivity index (χ0v) is 48.9.